The molecule has 1 aromatic carbocycles. The lowest BCUT2D eigenvalue weighted by molar-refractivity contribution is 0.571. The van der Waals surface area contributed by atoms with Crippen LogP contribution in [0.3, 0.4) is 0 Å². The maximum absolute atomic E-state index is 13.4. The van der Waals surface area contributed by atoms with Crippen molar-refractivity contribution in [2.75, 3.05) is 0 Å². The predicted molar refractivity (Wildman–Crippen MR) is 70.1 cm³/mol. The van der Waals surface area contributed by atoms with Gasteiger partial charge in [0.15, 0.2) is 0 Å². The van der Waals surface area contributed by atoms with Gasteiger partial charge in [0.05, 0.1) is 10.5 Å². The summed E-state index contributed by atoms with van der Waals surface area (Å²) in [4.78, 5) is 4.50. The number of halogens is 2. The van der Waals surface area contributed by atoms with Gasteiger partial charge < -0.3 is 0 Å². The molecule has 0 spiro atoms. The largest absolute Gasteiger partial charge is 0.252 e. The number of hydrogen-bond donors (Lipinski definition) is 0. The van der Waals surface area contributed by atoms with Crippen molar-refractivity contribution in [1.82, 2.24) is 4.98 Å². The molecule has 0 fully saturated rings. The number of aromatic nitrogens is 1. The fourth-order valence-electron chi connectivity index (χ4n) is 1.86. The highest BCUT2D eigenvalue weighted by Gasteiger charge is 2.18. The Labute approximate surface area is 106 Å². The average molecular weight is 252 g/mol. The van der Waals surface area contributed by atoms with Crippen molar-refractivity contribution >= 4 is 22.5 Å². The Morgan fingerprint density at radius 1 is 1.18 bits per heavy atom. The first kappa shape index (κ1) is 12.3. The summed E-state index contributed by atoms with van der Waals surface area (Å²) in [5.74, 6) is -0.273. The van der Waals surface area contributed by atoms with Gasteiger partial charge in [-0.3, -0.25) is 4.98 Å². The van der Waals surface area contributed by atoms with Crippen LogP contribution in [0.25, 0.3) is 10.9 Å². The van der Waals surface area contributed by atoms with Crippen LogP contribution in [0.1, 0.15) is 32.0 Å². The summed E-state index contributed by atoms with van der Waals surface area (Å²) in [7, 11) is 0. The number of fused-ring (bicyclic) bond motifs is 1. The molecule has 1 aromatic heterocycles. The van der Waals surface area contributed by atoms with E-state index in [1.54, 1.807) is 0 Å². The number of hydrogen-bond acceptors (Lipinski definition) is 1. The maximum atomic E-state index is 13.4. The third-order valence-electron chi connectivity index (χ3n) is 2.79. The van der Waals surface area contributed by atoms with Gasteiger partial charge in [-0.2, -0.15) is 0 Å². The van der Waals surface area contributed by atoms with Gasteiger partial charge in [-0.15, -0.1) is 0 Å². The minimum absolute atomic E-state index is 0.0992. The first-order chi connectivity index (χ1) is 7.79. The average Bonchev–Trinajstić information content (AvgIpc) is 2.13. The van der Waals surface area contributed by atoms with E-state index in [4.69, 9.17) is 11.6 Å². The molecule has 1 nitrogen and oxygen atoms in total. The highest BCUT2D eigenvalue weighted by atomic mass is 35.5. The van der Waals surface area contributed by atoms with Gasteiger partial charge in [-0.1, -0.05) is 32.4 Å². The van der Waals surface area contributed by atoms with Crippen molar-refractivity contribution in [1.29, 1.82) is 0 Å². The second-order valence-corrected chi connectivity index (χ2v) is 5.76. The van der Waals surface area contributed by atoms with Crippen LogP contribution in [0.4, 0.5) is 4.39 Å². The van der Waals surface area contributed by atoms with Crippen LogP contribution in [0, 0.1) is 12.7 Å². The van der Waals surface area contributed by atoms with Crippen LogP contribution in [0.2, 0.25) is 5.02 Å². The van der Waals surface area contributed by atoms with Crippen molar-refractivity contribution in [3.8, 4) is 0 Å². The van der Waals surface area contributed by atoms with E-state index in [0.29, 0.717) is 10.5 Å². The first-order valence-electron chi connectivity index (χ1n) is 5.56. The summed E-state index contributed by atoms with van der Waals surface area (Å²) in [6.07, 6.45) is 0. The SMILES string of the molecule is Cc1cc(F)cc2nc(C(C)(C)C)cc(Cl)c12. The molecule has 1 heterocycles. The second kappa shape index (κ2) is 3.95. The summed E-state index contributed by atoms with van der Waals surface area (Å²) in [5.41, 5.74) is 2.22. The molecular formula is C14H15ClFN. The van der Waals surface area contributed by atoms with Crippen molar-refractivity contribution in [3.05, 3.63) is 40.3 Å². The molecule has 3 heteroatoms. The predicted octanol–water partition coefficient (Wildman–Crippen LogP) is 4.63. The smallest absolute Gasteiger partial charge is 0.125 e. The molecule has 0 saturated heterocycles. The molecule has 0 aliphatic carbocycles. The van der Waals surface area contributed by atoms with E-state index in [2.05, 4.69) is 25.8 Å². The molecule has 0 saturated carbocycles. The summed E-state index contributed by atoms with van der Waals surface area (Å²) in [6, 6.07) is 4.78. The van der Waals surface area contributed by atoms with Crippen molar-refractivity contribution < 1.29 is 4.39 Å². The van der Waals surface area contributed by atoms with Crippen LogP contribution in [0.15, 0.2) is 18.2 Å². The third-order valence-corrected chi connectivity index (χ3v) is 3.09. The van der Waals surface area contributed by atoms with Crippen molar-refractivity contribution in [2.45, 2.75) is 33.1 Å². The first-order valence-corrected chi connectivity index (χ1v) is 5.94. The van der Waals surface area contributed by atoms with E-state index in [1.165, 1.54) is 12.1 Å². The number of rotatable bonds is 0. The summed E-state index contributed by atoms with van der Waals surface area (Å²) in [6.45, 7) is 8.02. The van der Waals surface area contributed by atoms with E-state index in [0.717, 1.165) is 16.6 Å². The Balaban J connectivity index is 2.82. The fraction of sp³-hybridized carbons (Fsp3) is 0.357. The Hall–Kier alpha value is -1.15. The normalized spacial score (nSPS) is 12.1. The van der Waals surface area contributed by atoms with Crippen LogP contribution in [-0.4, -0.2) is 4.98 Å². The summed E-state index contributed by atoms with van der Waals surface area (Å²) < 4.78 is 13.4. The molecule has 2 aromatic rings. The zero-order valence-electron chi connectivity index (χ0n) is 10.4. The quantitative estimate of drug-likeness (QED) is 0.665. The number of pyridine rings is 1. The molecule has 90 valence electrons. The highest BCUT2D eigenvalue weighted by molar-refractivity contribution is 6.35. The van der Waals surface area contributed by atoms with E-state index >= 15 is 0 Å². The molecule has 2 rings (SSSR count). The van der Waals surface area contributed by atoms with E-state index in [9.17, 15) is 4.39 Å². The lowest BCUT2D eigenvalue weighted by Crippen LogP contribution is -2.13. The Bertz CT molecular complexity index is 585. The third kappa shape index (κ3) is 2.27. The van der Waals surface area contributed by atoms with Crippen LogP contribution >= 0.6 is 11.6 Å². The monoisotopic (exact) mass is 251 g/mol. The Kier molecular flexibility index (Phi) is 2.86. The molecule has 0 N–H and O–H groups in total. The molecule has 17 heavy (non-hydrogen) atoms. The maximum Gasteiger partial charge on any atom is 0.125 e. The fourth-order valence-corrected chi connectivity index (χ4v) is 2.21. The topological polar surface area (TPSA) is 12.9 Å². The Morgan fingerprint density at radius 3 is 2.41 bits per heavy atom. The van der Waals surface area contributed by atoms with Gasteiger partial charge in [0, 0.05) is 22.6 Å². The zero-order valence-corrected chi connectivity index (χ0v) is 11.2. The summed E-state index contributed by atoms with van der Waals surface area (Å²) in [5, 5.41) is 1.47. The highest BCUT2D eigenvalue weighted by Crippen LogP contribution is 2.31. The van der Waals surface area contributed by atoms with Gasteiger partial charge in [-0.05, 0) is 24.6 Å². The molecular weight excluding hydrogens is 237 g/mol. The minimum Gasteiger partial charge on any atom is -0.252 e. The van der Waals surface area contributed by atoms with Gasteiger partial charge >= 0.3 is 0 Å². The standard InChI is InChI=1S/C14H15ClFN/c1-8-5-9(16)6-11-13(8)10(15)7-12(17-11)14(2,3)4/h5-7H,1-4H3. The van der Waals surface area contributed by atoms with Crippen LogP contribution < -0.4 is 0 Å². The second-order valence-electron chi connectivity index (χ2n) is 5.36. The molecule has 0 unspecified atom stereocenters. The molecule has 0 bridgehead atoms. The number of benzene rings is 1. The van der Waals surface area contributed by atoms with Gasteiger partial charge in [-0.25, -0.2) is 4.39 Å². The van der Waals surface area contributed by atoms with E-state index < -0.39 is 0 Å². The van der Waals surface area contributed by atoms with E-state index in [-0.39, 0.29) is 11.2 Å². The van der Waals surface area contributed by atoms with Crippen molar-refractivity contribution in [3.63, 3.8) is 0 Å². The van der Waals surface area contributed by atoms with Gasteiger partial charge in [0.2, 0.25) is 0 Å². The molecule has 0 amide bonds. The molecule has 0 aliphatic heterocycles. The Morgan fingerprint density at radius 2 is 1.82 bits per heavy atom. The minimum atomic E-state index is -0.273. The number of nitrogens with zero attached hydrogens (tertiary/aromatic N) is 1. The van der Waals surface area contributed by atoms with Crippen LogP contribution in [0.5, 0.6) is 0 Å². The lowest BCUT2D eigenvalue weighted by atomic mass is 9.91. The molecule has 0 atom stereocenters. The van der Waals surface area contributed by atoms with Crippen LogP contribution in [-0.2, 0) is 5.41 Å². The molecule has 0 radical (unpaired) electrons. The summed E-state index contributed by atoms with van der Waals surface area (Å²) >= 11 is 6.26. The zero-order chi connectivity index (χ0) is 12.8. The lowest BCUT2D eigenvalue weighted by Gasteiger charge is -2.19. The van der Waals surface area contributed by atoms with Gasteiger partial charge in [0.1, 0.15) is 5.82 Å². The molecule has 0 aliphatic rings. The van der Waals surface area contributed by atoms with E-state index in [1.807, 2.05) is 13.0 Å². The van der Waals surface area contributed by atoms with Crippen molar-refractivity contribution in [2.24, 2.45) is 0 Å². The number of aryl methyl sites for hydroxylation is 1. The van der Waals surface area contributed by atoms with Gasteiger partial charge in [0.25, 0.3) is 0 Å².